The standard InChI is InChI=1S/C14H18N2O2S2/c1-14(2,3)13-16-10(8-20-13)11(12(17)18)15-7-9-5-4-6-19-9/h4-6,8,11,15H,7H2,1-3H3,(H,17,18). The first-order valence-electron chi connectivity index (χ1n) is 6.32. The van der Waals surface area contributed by atoms with Gasteiger partial charge in [0.05, 0.1) is 10.7 Å². The van der Waals surface area contributed by atoms with Crippen LogP contribution in [0.1, 0.15) is 42.4 Å². The molecule has 0 aliphatic carbocycles. The van der Waals surface area contributed by atoms with Crippen LogP contribution in [0, 0.1) is 0 Å². The van der Waals surface area contributed by atoms with E-state index in [0.29, 0.717) is 12.2 Å². The summed E-state index contributed by atoms with van der Waals surface area (Å²) in [6.07, 6.45) is 0. The zero-order chi connectivity index (χ0) is 14.8. The average molecular weight is 310 g/mol. The molecule has 1 atom stereocenters. The van der Waals surface area contributed by atoms with Gasteiger partial charge in [0.25, 0.3) is 0 Å². The zero-order valence-electron chi connectivity index (χ0n) is 11.7. The van der Waals surface area contributed by atoms with Gasteiger partial charge in [0, 0.05) is 22.2 Å². The number of carboxylic acids is 1. The number of thiazole rings is 1. The molecule has 0 bridgehead atoms. The fourth-order valence-corrected chi connectivity index (χ4v) is 3.29. The molecule has 2 heterocycles. The van der Waals surface area contributed by atoms with Crippen LogP contribution in [0.2, 0.25) is 0 Å². The first-order valence-corrected chi connectivity index (χ1v) is 8.08. The van der Waals surface area contributed by atoms with Crippen molar-refractivity contribution in [3.05, 3.63) is 38.5 Å². The first kappa shape index (κ1) is 15.2. The number of hydrogen-bond donors (Lipinski definition) is 2. The quantitative estimate of drug-likeness (QED) is 0.888. The van der Waals surface area contributed by atoms with Gasteiger partial charge in [-0.2, -0.15) is 0 Å². The maximum atomic E-state index is 11.4. The Balaban J connectivity index is 2.12. The summed E-state index contributed by atoms with van der Waals surface area (Å²) >= 11 is 3.12. The van der Waals surface area contributed by atoms with Gasteiger partial charge in [0.2, 0.25) is 0 Å². The zero-order valence-corrected chi connectivity index (χ0v) is 13.3. The van der Waals surface area contributed by atoms with Gasteiger partial charge in [-0.3, -0.25) is 10.1 Å². The number of hydrogen-bond acceptors (Lipinski definition) is 5. The largest absolute Gasteiger partial charge is 0.480 e. The van der Waals surface area contributed by atoms with Gasteiger partial charge in [0.1, 0.15) is 6.04 Å². The second kappa shape index (κ2) is 6.03. The minimum Gasteiger partial charge on any atom is -0.480 e. The van der Waals surface area contributed by atoms with E-state index in [9.17, 15) is 9.90 Å². The predicted molar refractivity (Wildman–Crippen MR) is 82.3 cm³/mol. The Kier molecular flexibility index (Phi) is 4.57. The molecule has 1 unspecified atom stereocenters. The van der Waals surface area contributed by atoms with Crippen molar-refractivity contribution in [2.45, 2.75) is 38.8 Å². The number of carboxylic acid groups (broad SMARTS) is 1. The second-order valence-electron chi connectivity index (χ2n) is 5.56. The minimum atomic E-state index is -0.896. The summed E-state index contributed by atoms with van der Waals surface area (Å²) in [5, 5.41) is 17.2. The van der Waals surface area contributed by atoms with Gasteiger partial charge < -0.3 is 5.11 Å². The van der Waals surface area contributed by atoms with Crippen molar-refractivity contribution in [3.63, 3.8) is 0 Å². The van der Waals surface area contributed by atoms with E-state index in [4.69, 9.17) is 0 Å². The average Bonchev–Trinajstić information content (AvgIpc) is 2.97. The summed E-state index contributed by atoms with van der Waals surface area (Å²) in [6.45, 7) is 6.76. The van der Waals surface area contributed by atoms with Crippen LogP contribution in [0.25, 0.3) is 0 Å². The van der Waals surface area contributed by atoms with E-state index in [1.807, 2.05) is 22.9 Å². The Morgan fingerprint density at radius 2 is 2.20 bits per heavy atom. The van der Waals surface area contributed by atoms with Crippen LogP contribution in [-0.4, -0.2) is 16.1 Å². The second-order valence-corrected chi connectivity index (χ2v) is 7.45. The number of nitrogens with one attached hydrogen (secondary N) is 1. The summed E-state index contributed by atoms with van der Waals surface area (Å²) in [7, 11) is 0. The van der Waals surface area contributed by atoms with Crippen molar-refractivity contribution in [1.82, 2.24) is 10.3 Å². The van der Waals surface area contributed by atoms with Crippen LogP contribution in [0.4, 0.5) is 0 Å². The highest BCUT2D eigenvalue weighted by atomic mass is 32.1. The molecule has 0 spiro atoms. The maximum absolute atomic E-state index is 11.4. The summed E-state index contributed by atoms with van der Waals surface area (Å²) in [4.78, 5) is 17.0. The van der Waals surface area contributed by atoms with E-state index in [1.165, 1.54) is 11.3 Å². The smallest absolute Gasteiger partial charge is 0.327 e. The van der Waals surface area contributed by atoms with Crippen LogP contribution in [0.15, 0.2) is 22.9 Å². The topological polar surface area (TPSA) is 62.2 Å². The summed E-state index contributed by atoms with van der Waals surface area (Å²) in [6, 6.07) is 3.18. The summed E-state index contributed by atoms with van der Waals surface area (Å²) in [5.41, 5.74) is 0.531. The molecule has 108 valence electrons. The van der Waals surface area contributed by atoms with Crippen LogP contribution in [-0.2, 0) is 16.8 Å². The van der Waals surface area contributed by atoms with Gasteiger partial charge in [-0.1, -0.05) is 26.8 Å². The lowest BCUT2D eigenvalue weighted by Gasteiger charge is -2.15. The maximum Gasteiger partial charge on any atom is 0.327 e. The molecule has 0 fully saturated rings. The van der Waals surface area contributed by atoms with Crippen LogP contribution in [0.3, 0.4) is 0 Å². The monoisotopic (exact) mass is 310 g/mol. The fourth-order valence-electron chi connectivity index (χ4n) is 1.70. The van der Waals surface area contributed by atoms with Gasteiger partial charge in [-0.15, -0.1) is 22.7 Å². The predicted octanol–water partition coefficient (Wildman–Crippen LogP) is 3.42. The van der Waals surface area contributed by atoms with E-state index < -0.39 is 12.0 Å². The molecule has 2 aromatic heterocycles. The number of nitrogens with zero attached hydrogens (tertiary/aromatic N) is 1. The third-order valence-electron chi connectivity index (χ3n) is 2.77. The van der Waals surface area contributed by atoms with E-state index in [1.54, 1.807) is 11.3 Å². The molecule has 0 amide bonds. The van der Waals surface area contributed by atoms with Gasteiger partial charge in [-0.25, -0.2) is 4.98 Å². The van der Waals surface area contributed by atoms with Crippen LogP contribution in [0.5, 0.6) is 0 Å². The molecule has 0 saturated heterocycles. The van der Waals surface area contributed by atoms with Crippen molar-refractivity contribution in [3.8, 4) is 0 Å². The molecular weight excluding hydrogens is 292 g/mol. The Bertz CT molecular complexity index is 570. The molecule has 2 aromatic rings. The van der Waals surface area contributed by atoms with E-state index >= 15 is 0 Å². The minimum absolute atomic E-state index is 0.0558. The molecule has 0 aromatic carbocycles. The number of aliphatic carboxylic acids is 1. The Labute approximate surface area is 126 Å². The van der Waals surface area contributed by atoms with Gasteiger partial charge in [0.15, 0.2) is 0 Å². The molecule has 4 nitrogen and oxygen atoms in total. The Hall–Kier alpha value is -1.24. The molecule has 6 heteroatoms. The van der Waals surface area contributed by atoms with Crippen LogP contribution < -0.4 is 5.32 Å². The highest BCUT2D eigenvalue weighted by Gasteiger charge is 2.25. The van der Waals surface area contributed by atoms with Crippen LogP contribution >= 0.6 is 22.7 Å². The molecule has 2 rings (SSSR count). The van der Waals surface area contributed by atoms with E-state index in [-0.39, 0.29) is 5.41 Å². The van der Waals surface area contributed by atoms with E-state index in [0.717, 1.165) is 9.88 Å². The van der Waals surface area contributed by atoms with Gasteiger partial charge >= 0.3 is 5.97 Å². The lowest BCUT2D eigenvalue weighted by Crippen LogP contribution is -2.28. The molecule has 0 aliphatic heterocycles. The normalized spacial score (nSPS) is 13.3. The number of carbonyl (C=O) groups is 1. The molecule has 0 radical (unpaired) electrons. The first-order chi connectivity index (χ1) is 9.38. The third-order valence-corrected chi connectivity index (χ3v) is 4.93. The van der Waals surface area contributed by atoms with Crippen molar-refractivity contribution in [2.24, 2.45) is 0 Å². The molecule has 20 heavy (non-hydrogen) atoms. The molecule has 0 aliphatic rings. The van der Waals surface area contributed by atoms with Gasteiger partial charge in [-0.05, 0) is 11.4 Å². The Morgan fingerprint density at radius 1 is 1.45 bits per heavy atom. The fraction of sp³-hybridized carbons (Fsp3) is 0.429. The lowest BCUT2D eigenvalue weighted by atomic mass is 9.98. The number of thiophene rings is 1. The highest BCUT2D eigenvalue weighted by Crippen LogP contribution is 2.28. The number of rotatable bonds is 5. The van der Waals surface area contributed by atoms with Crippen molar-refractivity contribution < 1.29 is 9.90 Å². The van der Waals surface area contributed by atoms with Crippen molar-refractivity contribution in [1.29, 1.82) is 0 Å². The SMILES string of the molecule is CC(C)(C)c1nc(C(NCc2cccs2)C(=O)O)cs1. The van der Waals surface area contributed by atoms with Crippen molar-refractivity contribution in [2.75, 3.05) is 0 Å². The number of aromatic nitrogens is 1. The summed E-state index contributed by atoms with van der Waals surface area (Å²) in [5.74, 6) is -0.896. The highest BCUT2D eigenvalue weighted by molar-refractivity contribution is 7.10. The lowest BCUT2D eigenvalue weighted by molar-refractivity contribution is -0.139. The molecular formula is C14H18N2O2S2. The third kappa shape index (κ3) is 3.65. The van der Waals surface area contributed by atoms with Crippen molar-refractivity contribution >= 4 is 28.6 Å². The van der Waals surface area contributed by atoms with E-state index in [2.05, 4.69) is 31.1 Å². The Morgan fingerprint density at radius 3 is 2.70 bits per heavy atom. The molecule has 2 N–H and O–H groups in total. The summed E-state index contributed by atoms with van der Waals surface area (Å²) < 4.78 is 0. The molecule has 0 saturated carbocycles.